The van der Waals surface area contributed by atoms with E-state index in [0.29, 0.717) is 6.08 Å². The second kappa shape index (κ2) is 11.9. The predicted octanol–water partition coefficient (Wildman–Crippen LogP) is -9.02. The van der Waals surface area contributed by atoms with Gasteiger partial charge < -0.3 is 24.5 Å². The summed E-state index contributed by atoms with van der Waals surface area (Å²) in [6, 6.07) is 0. The Morgan fingerprint density at radius 3 is 2.00 bits per heavy atom. The molecular formula is C7H6K2O6. The maximum atomic E-state index is 10.5. The smallest absolute Gasteiger partial charge is 0.550 e. The van der Waals surface area contributed by atoms with E-state index in [0.717, 1.165) is 0 Å². The molecule has 72 valence electrons. The number of esters is 1. The summed E-state index contributed by atoms with van der Waals surface area (Å²) in [5.41, 5.74) is 0. The van der Waals surface area contributed by atoms with Crippen LogP contribution < -0.4 is 113 Å². The summed E-state index contributed by atoms with van der Waals surface area (Å²) < 4.78 is 4.13. The molecule has 0 aliphatic carbocycles. The normalized spacial score (nSPS) is 9.87. The van der Waals surface area contributed by atoms with Crippen molar-refractivity contribution in [1.29, 1.82) is 0 Å². The molecule has 1 atom stereocenters. The zero-order chi connectivity index (χ0) is 10.4. The molecule has 0 spiro atoms. The summed E-state index contributed by atoms with van der Waals surface area (Å²) in [6.45, 7) is 3.00. The van der Waals surface area contributed by atoms with Gasteiger partial charge in [0.25, 0.3) is 0 Å². The number of ether oxygens (including phenoxy) is 1. The van der Waals surface area contributed by atoms with Crippen LogP contribution in [0.15, 0.2) is 12.7 Å². The molecule has 0 aromatic heterocycles. The van der Waals surface area contributed by atoms with E-state index < -0.39 is 30.4 Å². The molecule has 0 rings (SSSR count). The van der Waals surface area contributed by atoms with Gasteiger partial charge in [-0.1, -0.05) is 6.58 Å². The van der Waals surface area contributed by atoms with Gasteiger partial charge in [-0.2, -0.15) is 0 Å². The minimum Gasteiger partial charge on any atom is -0.550 e. The van der Waals surface area contributed by atoms with Crippen molar-refractivity contribution in [1.82, 2.24) is 0 Å². The van der Waals surface area contributed by atoms with Gasteiger partial charge >= 0.3 is 109 Å². The molecule has 0 heterocycles. The summed E-state index contributed by atoms with van der Waals surface area (Å²) in [6.07, 6.45) is -2.07. The monoisotopic (exact) mass is 264 g/mol. The van der Waals surface area contributed by atoms with Crippen molar-refractivity contribution >= 4 is 17.9 Å². The maximum absolute atomic E-state index is 10.5. The third kappa shape index (κ3) is 11.7. The molecule has 0 saturated heterocycles. The molecule has 0 aliphatic rings. The Morgan fingerprint density at radius 2 is 1.73 bits per heavy atom. The van der Waals surface area contributed by atoms with Gasteiger partial charge in [0.05, 0.1) is 5.97 Å². The van der Waals surface area contributed by atoms with Gasteiger partial charge in [-0.05, 0) is 0 Å². The van der Waals surface area contributed by atoms with Gasteiger partial charge in [-0.25, -0.2) is 4.79 Å². The largest absolute Gasteiger partial charge is 1.00 e. The van der Waals surface area contributed by atoms with E-state index in [1.807, 2.05) is 0 Å². The molecule has 0 fully saturated rings. The Balaban J connectivity index is -0.000000720. The van der Waals surface area contributed by atoms with Crippen molar-refractivity contribution in [3.63, 3.8) is 0 Å². The molecule has 0 radical (unpaired) electrons. The van der Waals surface area contributed by atoms with Crippen LogP contribution in [-0.4, -0.2) is 24.0 Å². The standard InChI is InChI=1S/C7H8O6.2K/c1-2-6(10)13-4(7(11)12)3-5(8)9;;/h2,4H,1,3H2,(H,8,9)(H,11,12);;/q;2*+1/p-2. The molecule has 0 bridgehead atoms. The average Bonchev–Trinajstić information content (AvgIpc) is 2.02. The number of carboxylic acid groups (broad SMARTS) is 2. The first-order chi connectivity index (χ1) is 5.97. The van der Waals surface area contributed by atoms with Crippen LogP contribution in [-0.2, 0) is 19.1 Å². The van der Waals surface area contributed by atoms with Gasteiger partial charge in [-0.15, -0.1) is 0 Å². The SMILES string of the molecule is C=CC(=O)OC(CC(=O)[O-])C(=O)[O-].[K+].[K+]. The summed E-state index contributed by atoms with van der Waals surface area (Å²) >= 11 is 0. The van der Waals surface area contributed by atoms with E-state index in [4.69, 9.17) is 0 Å². The summed E-state index contributed by atoms with van der Waals surface area (Å²) in [7, 11) is 0. The van der Waals surface area contributed by atoms with Gasteiger partial charge in [-0.3, -0.25) is 0 Å². The zero-order valence-corrected chi connectivity index (χ0v) is 14.8. The van der Waals surface area contributed by atoms with E-state index in [1.165, 1.54) is 0 Å². The van der Waals surface area contributed by atoms with Gasteiger partial charge in [0, 0.05) is 18.5 Å². The Kier molecular flexibility index (Phi) is 17.2. The zero-order valence-electron chi connectivity index (χ0n) is 8.52. The molecule has 6 nitrogen and oxygen atoms in total. The number of carboxylic acids is 2. The third-order valence-electron chi connectivity index (χ3n) is 1.04. The Labute approximate surface area is 171 Å². The van der Waals surface area contributed by atoms with Gasteiger partial charge in [0.1, 0.15) is 6.10 Å². The summed E-state index contributed by atoms with van der Waals surface area (Å²) in [5.74, 6) is -4.47. The minimum atomic E-state index is -1.84. The molecule has 0 saturated carbocycles. The number of hydrogen-bond donors (Lipinski definition) is 0. The molecule has 0 aliphatic heterocycles. The number of rotatable bonds is 5. The van der Waals surface area contributed by atoms with Crippen LogP contribution in [0.1, 0.15) is 6.42 Å². The summed E-state index contributed by atoms with van der Waals surface area (Å²) in [5, 5.41) is 20.1. The fourth-order valence-electron chi connectivity index (χ4n) is 0.513. The van der Waals surface area contributed by atoms with Crippen molar-refractivity contribution in [3.8, 4) is 0 Å². The molecular weight excluding hydrogens is 258 g/mol. The molecule has 8 heteroatoms. The number of aliphatic carboxylic acids is 2. The van der Waals surface area contributed by atoms with E-state index >= 15 is 0 Å². The molecule has 0 aromatic carbocycles. The van der Waals surface area contributed by atoms with E-state index in [-0.39, 0.29) is 103 Å². The van der Waals surface area contributed by atoms with Gasteiger partial charge in [0.15, 0.2) is 0 Å². The molecule has 0 amide bonds. The van der Waals surface area contributed by atoms with E-state index in [2.05, 4.69) is 11.3 Å². The number of hydrogen-bond acceptors (Lipinski definition) is 6. The molecule has 1 unspecified atom stereocenters. The van der Waals surface area contributed by atoms with Gasteiger partial charge in [0.2, 0.25) is 0 Å². The van der Waals surface area contributed by atoms with E-state index in [9.17, 15) is 24.6 Å². The molecule has 0 N–H and O–H groups in total. The van der Waals surface area contributed by atoms with Crippen LogP contribution in [0.25, 0.3) is 0 Å². The summed E-state index contributed by atoms with van der Waals surface area (Å²) in [4.78, 5) is 30.6. The first-order valence-electron chi connectivity index (χ1n) is 3.21. The first kappa shape index (κ1) is 21.7. The fourth-order valence-corrected chi connectivity index (χ4v) is 0.513. The molecule has 0 aromatic rings. The first-order valence-corrected chi connectivity index (χ1v) is 3.21. The second-order valence-corrected chi connectivity index (χ2v) is 2.02. The Hall–Kier alpha value is 1.42. The van der Waals surface area contributed by atoms with Crippen LogP contribution in [0.4, 0.5) is 0 Å². The number of carbonyl (C=O) groups excluding carboxylic acids is 3. The minimum absolute atomic E-state index is 0. The Morgan fingerprint density at radius 1 is 1.27 bits per heavy atom. The van der Waals surface area contributed by atoms with Crippen LogP contribution in [0, 0.1) is 0 Å². The maximum Gasteiger partial charge on any atom is 1.00 e. The van der Waals surface area contributed by atoms with Crippen LogP contribution in [0.5, 0.6) is 0 Å². The predicted molar refractivity (Wildman–Crippen MR) is 34.7 cm³/mol. The van der Waals surface area contributed by atoms with Crippen molar-refractivity contribution in [2.75, 3.05) is 0 Å². The van der Waals surface area contributed by atoms with Crippen LogP contribution in [0.3, 0.4) is 0 Å². The van der Waals surface area contributed by atoms with E-state index in [1.54, 1.807) is 0 Å². The topological polar surface area (TPSA) is 107 Å². The van der Waals surface area contributed by atoms with Crippen LogP contribution in [0.2, 0.25) is 0 Å². The van der Waals surface area contributed by atoms with Crippen molar-refractivity contribution in [2.45, 2.75) is 12.5 Å². The Bertz CT molecular complexity index is 252. The average molecular weight is 264 g/mol. The van der Waals surface area contributed by atoms with Crippen molar-refractivity contribution in [2.24, 2.45) is 0 Å². The quantitative estimate of drug-likeness (QED) is 0.277. The van der Waals surface area contributed by atoms with Crippen molar-refractivity contribution < 1.29 is 132 Å². The van der Waals surface area contributed by atoms with Crippen molar-refractivity contribution in [3.05, 3.63) is 12.7 Å². The molecule has 15 heavy (non-hydrogen) atoms. The number of carbonyl (C=O) groups is 3. The fraction of sp³-hybridized carbons (Fsp3) is 0.286. The third-order valence-corrected chi connectivity index (χ3v) is 1.04. The van der Waals surface area contributed by atoms with Crippen LogP contribution >= 0.6 is 0 Å². The second-order valence-electron chi connectivity index (χ2n) is 2.02.